The molecule has 4 N–H and O–H groups in total. The van der Waals surface area contributed by atoms with E-state index in [1.165, 1.54) is 11.9 Å². The summed E-state index contributed by atoms with van der Waals surface area (Å²) in [5.74, 6) is 1.15. The molecule has 0 amide bonds. The highest BCUT2D eigenvalue weighted by Crippen LogP contribution is 2.30. The molecule has 24 heavy (non-hydrogen) atoms. The van der Waals surface area contributed by atoms with Crippen LogP contribution in [0, 0.1) is 13.8 Å². The summed E-state index contributed by atoms with van der Waals surface area (Å²) in [6.45, 7) is 4.14. The first-order chi connectivity index (χ1) is 11.5. The molecule has 0 bridgehead atoms. The number of aromatic nitrogens is 2. The molecule has 0 fully saturated rings. The van der Waals surface area contributed by atoms with Gasteiger partial charge in [-0.25, -0.2) is 9.97 Å². The normalized spacial score (nSPS) is 10.5. The van der Waals surface area contributed by atoms with Gasteiger partial charge in [-0.1, -0.05) is 34.1 Å². The monoisotopic (exact) mass is 383 g/mol. The predicted octanol–water partition coefficient (Wildman–Crippen LogP) is 4.93. The van der Waals surface area contributed by atoms with E-state index < -0.39 is 0 Å². The van der Waals surface area contributed by atoms with E-state index in [0.29, 0.717) is 17.3 Å². The first kappa shape index (κ1) is 16.3. The van der Waals surface area contributed by atoms with Crippen LogP contribution < -0.4 is 16.4 Å². The minimum absolute atomic E-state index is 0.471. The van der Waals surface area contributed by atoms with Crippen LogP contribution >= 0.6 is 15.9 Å². The molecule has 0 spiro atoms. The van der Waals surface area contributed by atoms with Crippen LogP contribution in [0.2, 0.25) is 0 Å². The highest BCUT2D eigenvalue weighted by Gasteiger charge is 2.10. The van der Waals surface area contributed by atoms with Crippen LogP contribution in [0.5, 0.6) is 0 Å². The highest BCUT2D eigenvalue weighted by molar-refractivity contribution is 9.10. The van der Waals surface area contributed by atoms with Crippen LogP contribution in [0.15, 0.2) is 53.3 Å². The Hall–Kier alpha value is -2.60. The number of anilines is 5. The van der Waals surface area contributed by atoms with Crippen LogP contribution in [-0.4, -0.2) is 9.97 Å². The lowest BCUT2D eigenvalue weighted by Gasteiger charge is -2.14. The summed E-state index contributed by atoms with van der Waals surface area (Å²) in [7, 11) is 0. The summed E-state index contributed by atoms with van der Waals surface area (Å²) >= 11 is 3.45. The molecule has 0 atom stereocenters. The molecule has 1 aromatic heterocycles. The van der Waals surface area contributed by atoms with Gasteiger partial charge in [0.2, 0.25) is 0 Å². The van der Waals surface area contributed by atoms with Crippen LogP contribution in [-0.2, 0) is 0 Å². The zero-order chi connectivity index (χ0) is 17.1. The van der Waals surface area contributed by atoms with E-state index in [4.69, 9.17) is 5.73 Å². The lowest BCUT2D eigenvalue weighted by molar-refractivity contribution is 1.17. The minimum Gasteiger partial charge on any atom is -0.393 e. The molecular weight excluding hydrogens is 366 g/mol. The fourth-order valence-electron chi connectivity index (χ4n) is 2.31. The van der Waals surface area contributed by atoms with Gasteiger partial charge in [-0.3, -0.25) is 0 Å². The van der Waals surface area contributed by atoms with Gasteiger partial charge in [0.25, 0.3) is 0 Å². The smallest absolute Gasteiger partial charge is 0.159 e. The minimum atomic E-state index is 0.471. The Morgan fingerprint density at radius 2 is 1.67 bits per heavy atom. The van der Waals surface area contributed by atoms with Crippen molar-refractivity contribution >= 4 is 44.6 Å². The summed E-state index contributed by atoms with van der Waals surface area (Å²) in [6.07, 6.45) is 1.49. The van der Waals surface area contributed by atoms with E-state index in [-0.39, 0.29) is 0 Å². The van der Waals surface area contributed by atoms with Gasteiger partial charge in [-0.2, -0.15) is 0 Å². The predicted molar refractivity (Wildman–Crippen MR) is 103 cm³/mol. The van der Waals surface area contributed by atoms with E-state index in [1.807, 2.05) is 36.4 Å². The van der Waals surface area contributed by atoms with Crippen molar-refractivity contribution in [2.45, 2.75) is 13.8 Å². The molecule has 0 aliphatic carbocycles. The Bertz CT molecular complexity index is 879. The summed E-state index contributed by atoms with van der Waals surface area (Å²) in [5.41, 5.74) is 11.0. The second kappa shape index (κ2) is 6.88. The van der Waals surface area contributed by atoms with Crippen LogP contribution in [0.3, 0.4) is 0 Å². The third-order valence-electron chi connectivity index (χ3n) is 3.83. The van der Waals surface area contributed by atoms with Crippen LogP contribution in [0.25, 0.3) is 0 Å². The average molecular weight is 384 g/mol. The number of hydrogen-bond donors (Lipinski definition) is 3. The van der Waals surface area contributed by atoms with E-state index in [9.17, 15) is 0 Å². The van der Waals surface area contributed by atoms with Crippen molar-refractivity contribution in [1.82, 2.24) is 9.97 Å². The Balaban J connectivity index is 1.89. The van der Waals surface area contributed by atoms with E-state index in [1.54, 1.807) is 0 Å². The number of rotatable bonds is 4. The number of hydrogen-bond acceptors (Lipinski definition) is 5. The molecule has 3 rings (SSSR count). The first-order valence-corrected chi connectivity index (χ1v) is 8.30. The molecule has 2 aromatic carbocycles. The third kappa shape index (κ3) is 3.49. The lowest BCUT2D eigenvalue weighted by Crippen LogP contribution is -2.06. The fourth-order valence-corrected chi connectivity index (χ4v) is 2.71. The molecule has 122 valence electrons. The van der Waals surface area contributed by atoms with E-state index in [2.05, 4.69) is 56.4 Å². The van der Waals surface area contributed by atoms with Crippen molar-refractivity contribution in [3.63, 3.8) is 0 Å². The van der Waals surface area contributed by atoms with Crippen molar-refractivity contribution in [3.05, 3.63) is 64.4 Å². The number of nitrogens with zero attached hydrogens (tertiary/aromatic N) is 2. The van der Waals surface area contributed by atoms with Crippen molar-refractivity contribution in [3.8, 4) is 0 Å². The van der Waals surface area contributed by atoms with Gasteiger partial charge in [0.15, 0.2) is 11.6 Å². The molecule has 3 aromatic rings. The maximum absolute atomic E-state index is 6.24. The topological polar surface area (TPSA) is 75.9 Å². The van der Waals surface area contributed by atoms with E-state index >= 15 is 0 Å². The zero-order valence-corrected chi connectivity index (χ0v) is 15.1. The second-order valence-corrected chi connectivity index (χ2v) is 6.41. The highest BCUT2D eigenvalue weighted by atomic mass is 79.9. The van der Waals surface area contributed by atoms with Gasteiger partial charge in [0.05, 0.1) is 0 Å². The van der Waals surface area contributed by atoms with Gasteiger partial charge >= 0.3 is 0 Å². The van der Waals surface area contributed by atoms with Crippen molar-refractivity contribution in [1.29, 1.82) is 0 Å². The molecule has 5 nitrogen and oxygen atoms in total. The van der Waals surface area contributed by atoms with Crippen molar-refractivity contribution < 1.29 is 0 Å². The number of nitrogens with one attached hydrogen (secondary N) is 2. The Morgan fingerprint density at radius 3 is 2.42 bits per heavy atom. The number of halogens is 1. The quantitative estimate of drug-likeness (QED) is 0.595. The second-order valence-electron chi connectivity index (χ2n) is 5.49. The van der Waals surface area contributed by atoms with Gasteiger partial charge in [0.1, 0.15) is 12.0 Å². The van der Waals surface area contributed by atoms with E-state index in [0.717, 1.165) is 21.4 Å². The van der Waals surface area contributed by atoms with Gasteiger partial charge in [0, 0.05) is 15.8 Å². The molecule has 6 heteroatoms. The zero-order valence-electron chi connectivity index (χ0n) is 13.5. The largest absolute Gasteiger partial charge is 0.393 e. The van der Waals surface area contributed by atoms with Crippen LogP contribution in [0.4, 0.5) is 28.7 Å². The molecule has 0 saturated heterocycles. The number of nitrogens with two attached hydrogens (primary N) is 1. The maximum Gasteiger partial charge on any atom is 0.159 e. The summed E-state index contributed by atoms with van der Waals surface area (Å²) in [4.78, 5) is 8.51. The summed E-state index contributed by atoms with van der Waals surface area (Å²) < 4.78 is 0.980. The Labute approximate surface area is 149 Å². The molecule has 0 unspecified atom stereocenters. The van der Waals surface area contributed by atoms with Gasteiger partial charge in [-0.05, 0) is 49.2 Å². The van der Waals surface area contributed by atoms with Gasteiger partial charge in [-0.15, -0.1) is 0 Å². The standard InChI is InChI=1S/C18H18BrN5/c1-11-5-3-8-15(12(11)2)24-18-16(20)17(21-10-22-18)23-14-7-4-6-13(19)9-14/h3-10H,20H2,1-2H3,(H2,21,22,23,24). The summed E-state index contributed by atoms with van der Waals surface area (Å²) in [5, 5.41) is 6.51. The SMILES string of the molecule is Cc1cccc(Nc2ncnc(Nc3cccc(Br)c3)c2N)c1C. The maximum atomic E-state index is 6.24. The van der Waals surface area contributed by atoms with Gasteiger partial charge < -0.3 is 16.4 Å². The lowest BCUT2D eigenvalue weighted by atomic mass is 10.1. The van der Waals surface area contributed by atoms with Crippen molar-refractivity contribution in [2.75, 3.05) is 16.4 Å². The van der Waals surface area contributed by atoms with Crippen LogP contribution in [0.1, 0.15) is 11.1 Å². The molecular formula is C18H18BrN5. The molecule has 0 saturated carbocycles. The number of aryl methyl sites for hydroxylation is 1. The number of nitrogen functional groups attached to an aromatic ring is 1. The molecule has 0 radical (unpaired) electrons. The molecule has 0 aliphatic heterocycles. The first-order valence-electron chi connectivity index (χ1n) is 7.51. The number of benzene rings is 2. The Morgan fingerprint density at radius 1 is 0.958 bits per heavy atom. The average Bonchev–Trinajstić information content (AvgIpc) is 2.55. The van der Waals surface area contributed by atoms with Crippen molar-refractivity contribution in [2.24, 2.45) is 0 Å². The Kier molecular flexibility index (Phi) is 4.66. The molecule has 0 aliphatic rings. The third-order valence-corrected chi connectivity index (χ3v) is 4.32. The molecule has 1 heterocycles. The summed E-state index contributed by atoms with van der Waals surface area (Å²) in [6, 6.07) is 13.9. The fraction of sp³-hybridized carbons (Fsp3) is 0.111.